The van der Waals surface area contributed by atoms with Crippen molar-refractivity contribution in [2.24, 2.45) is 0 Å². The van der Waals surface area contributed by atoms with Crippen molar-refractivity contribution in [2.45, 2.75) is 23.4 Å². The molecule has 0 radical (unpaired) electrons. The molecule has 0 atom stereocenters. The first-order valence-corrected chi connectivity index (χ1v) is 6.88. The van der Waals surface area contributed by atoms with Gasteiger partial charge in [-0.05, 0) is 36.2 Å². The van der Waals surface area contributed by atoms with Gasteiger partial charge in [-0.3, -0.25) is 0 Å². The molecule has 18 heavy (non-hydrogen) atoms. The first-order valence-electron chi connectivity index (χ1n) is 6.06. The van der Waals surface area contributed by atoms with Gasteiger partial charge in [0.15, 0.2) is 5.16 Å². The van der Waals surface area contributed by atoms with E-state index in [1.807, 2.05) is 18.2 Å². The zero-order valence-electron chi connectivity index (χ0n) is 10.2. The maximum absolute atomic E-state index is 4.59. The number of nitrogens with one attached hydrogen (secondary N) is 1. The van der Waals surface area contributed by atoms with E-state index in [1.165, 1.54) is 10.5 Å². The van der Waals surface area contributed by atoms with Gasteiger partial charge in [0, 0.05) is 4.90 Å². The van der Waals surface area contributed by atoms with Crippen molar-refractivity contribution in [3.05, 3.63) is 54.1 Å². The van der Waals surface area contributed by atoms with Crippen LogP contribution < -0.4 is 0 Å². The van der Waals surface area contributed by atoms with E-state index < -0.39 is 0 Å². The van der Waals surface area contributed by atoms with Crippen molar-refractivity contribution in [3.8, 4) is 0 Å². The van der Waals surface area contributed by atoms with Gasteiger partial charge in [0.1, 0.15) is 0 Å². The van der Waals surface area contributed by atoms with Crippen LogP contribution in [0.25, 0.3) is 11.0 Å². The summed E-state index contributed by atoms with van der Waals surface area (Å²) < 4.78 is 0. The topological polar surface area (TPSA) is 28.7 Å². The summed E-state index contributed by atoms with van der Waals surface area (Å²) in [5.41, 5.74) is 3.49. The Balaban J connectivity index is 1.94. The molecule has 3 rings (SSSR count). The minimum absolute atomic E-state index is 0.949. The number of fused-ring (bicyclic) bond motifs is 1. The molecule has 0 bridgehead atoms. The molecule has 1 aromatic heterocycles. The van der Waals surface area contributed by atoms with Crippen LogP contribution in [-0.4, -0.2) is 9.97 Å². The monoisotopic (exact) mass is 254 g/mol. The lowest BCUT2D eigenvalue weighted by atomic mass is 10.1. The molecule has 0 saturated carbocycles. The summed E-state index contributed by atoms with van der Waals surface area (Å²) in [5.74, 6) is 0. The minimum Gasteiger partial charge on any atom is -0.333 e. The molecule has 0 saturated heterocycles. The molecule has 3 heteroatoms. The second-order valence-corrected chi connectivity index (χ2v) is 5.22. The normalized spacial score (nSPS) is 10.9. The van der Waals surface area contributed by atoms with Crippen LogP contribution in [0.5, 0.6) is 0 Å². The lowest BCUT2D eigenvalue weighted by Gasteiger charge is -1.95. The predicted octanol–water partition coefficient (Wildman–Crippen LogP) is 4.28. The van der Waals surface area contributed by atoms with Gasteiger partial charge in [-0.2, -0.15) is 0 Å². The zero-order valence-corrected chi connectivity index (χ0v) is 11.0. The lowest BCUT2D eigenvalue weighted by molar-refractivity contribution is 1.08. The Morgan fingerprint density at radius 1 is 1.11 bits per heavy atom. The fourth-order valence-corrected chi connectivity index (χ4v) is 2.72. The van der Waals surface area contributed by atoms with Gasteiger partial charge in [0.2, 0.25) is 0 Å². The van der Waals surface area contributed by atoms with Crippen LogP contribution >= 0.6 is 11.8 Å². The Hall–Kier alpha value is -1.74. The molecule has 2 aromatic carbocycles. The largest absolute Gasteiger partial charge is 0.333 e. The lowest BCUT2D eigenvalue weighted by Crippen LogP contribution is -1.78. The summed E-state index contributed by atoms with van der Waals surface area (Å²) in [5, 5.41) is 0.949. The van der Waals surface area contributed by atoms with E-state index in [1.54, 1.807) is 11.8 Å². The number of benzene rings is 2. The highest BCUT2D eigenvalue weighted by molar-refractivity contribution is 7.99. The zero-order chi connectivity index (χ0) is 12.4. The first kappa shape index (κ1) is 11.4. The molecule has 0 aliphatic heterocycles. The third kappa shape index (κ3) is 2.27. The highest BCUT2D eigenvalue weighted by Crippen LogP contribution is 2.27. The number of imidazole rings is 1. The Morgan fingerprint density at radius 2 is 1.94 bits per heavy atom. The van der Waals surface area contributed by atoms with Gasteiger partial charge < -0.3 is 4.98 Å². The quantitative estimate of drug-likeness (QED) is 0.756. The van der Waals surface area contributed by atoms with Crippen molar-refractivity contribution in [1.29, 1.82) is 0 Å². The van der Waals surface area contributed by atoms with Gasteiger partial charge in [-0.1, -0.05) is 43.0 Å². The molecule has 2 nitrogen and oxygen atoms in total. The molecule has 1 heterocycles. The molecular formula is C15H14N2S. The van der Waals surface area contributed by atoms with Crippen LogP contribution in [-0.2, 0) is 6.42 Å². The average Bonchev–Trinajstić information content (AvgIpc) is 2.80. The molecule has 0 amide bonds. The summed E-state index contributed by atoms with van der Waals surface area (Å²) in [6.45, 7) is 2.16. The Bertz CT molecular complexity index is 659. The van der Waals surface area contributed by atoms with Crippen LogP contribution in [0.1, 0.15) is 12.5 Å². The summed E-state index contributed by atoms with van der Waals surface area (Å²) in [4.78, 5) is 9.16. The van der Waals surface area contributed by atoms with E-state index in [2.05, 4.69) is 47.2 Å². The highest BCUT2D eigenvalue weighted by Gasteiger charge is 2.04. The third-order valence-corrected chi connectivity index (χ3v) is 3.79. The molecule has 3 aromatic rings. The average molecular weight is 254 g/mol. The SMILES string of the molecule is CCc1ccc2nc(Sc3ccccc3)[nH]c2c1. The second-order valence-electron chi connectivity index (χ2n) is 4.16. The Morgan fingerprint density at radius 3 is 2.72 bits per heavy atom. The standard InChI is InChI=1S/C15H14N2S/c1-2-11-8-9-13-14(10-11)17-15(16-13)18-12-6-4-3-5-7-12/h3-10H,2H2,1H3,(H,16,17). The number of H-pyrrole nitrogens is 1. The Labute approximate surface area is 110 Å². The molecule has 0 spiro atoms. The molecule has 0 fully saturated rings. The molecule has 0 unspecified atom stereocenters. The van der Waals surface area contributed by atoms with Crippen molar-refractivity contribution >= 4 is 22.8 Å². The van der Waals surface area contributed by atoms with Gasteiger partial charge in [-0.25, -0.2) is 4.98 Å². The summed E-state index contributed by atoms with van der Waals surface area (Å²) in [7, 11) is 0. The van der Waals surface area contributed by atoms with Crippen molar-refractivity contribution in [2.75, 3.05) is 0 Å². The summed E-state index contributed by atoms with van der Waals surface area (Å²) in [6.07, 6.45) is 1.05. The van der Waals surface area contributed by atoms with Crippen LogP contribution in [0, 0.1) is 0 Å². The molecule has 90 valence electrons. The Kier molecular flexibility index (Phi) is 3.07. The first-order chi connectivity index (χ1) is 8.85. The predicted molar refractivity (Wildman–Crippen MR) is 76.0 cm³/mol. The van der Waals surface area contributed by atoms with Crippen molar-refractivity contribution in [3.63, 3.8) is 0 Å². The number of nitrogens with zero attached hydrogens (tertiary/aromatic N) is 1. The van der Waals surface area contributed by atoms with E-state index in [-0.39, 0.29) is 0 Å². The van der Waals surface area contributed by atoms with E-state index >= 15 is 0 Å². The number of aromatic nitrogens is 2. The van der Waals surface area contributed by atoms with Crippen molar-refractivity contribution in [1.82, 2.24) is 9.97 Å². The minimum atomic E-state index is 0.949. The summed E-state index contributed by atoms with van der Waals surface area (Å²) in [6, 6.07) is 16.7. The molecule has 0 aliphatic rings. The van der Waals surface area contributed by atoms with E-state index in [9.17, 15) is 0 Å². The molecule has 0 aliphatic carbocycles. The number of rotatable bonds is 3. The van der Waals surface area contributed by atoms with Crippen molar-refractivity contribution < 1.29 is 0 Å². The van der Waals surface area contributed by atoms with Gasteiger partial charge in [0.05, 0.1) is 11.0 Å². The number of aryl methyl sites for hydroxylation is 1. The maximum Gasteiger partial charge on any atom is 0.171 e. The van der Waals surface area contributed by atoms with Crippen LogP contribution in [0.4, 0.5) is 0 Å². The van der Waals surface area contributed by atoms with E-state index in [0.29, 0.717) is 0 Å². The number of hydrogen-bond donors (Lipinski definition) is 1. The van der Waals surface area contributed by atoms with Crippen LogP contribution in [0.3, 0.4) is 0 Å². The maximum atomic E-state index is 4.59. The van der Waals surface area contributed by atoms with E-state index in [4.69, 9.17) is 0 Å². The van der Waals surface area contributed by atoms with E-state index in [0.717, 1.165) is 22.6 Å². The van der Waals surface area contributed by atoms with Crippen LogP contribution in [0.15, 0.2) is 58.6 Å². The van der Waals surface area contributed by atoms with Gasteiger partial charge in [-0.15, -0.1) is 0 Å². The molecular weight excluding hydrogens is 240 g/mol. The smallest absolute Gasteiger partial charge is 0.171 e. The highest BCUT2D eigenvalue weighted by atomic mass is 32.2. The number of aromatic amines is 1. The van der Waals surface area contributed by atoms with Gasteiger partial charge in [0.25, 0.3) is 0 Å². The fraction of sp³-hybridized carbons (Fsp3) is 0.133. The summed E-state index contributed by atoms with van der Waals surface area (Å²) >= 11 is 1.66. The fourth-order valence-electron chi connectivity index (χ4n) is 1.90. The molecule has 1 N–H and O–H groups in total. The van der Waals surface area contributed by atoms with Gasteiger partial charge >= 0.3 is 0 Å². The number of hydrogen-bond acceptors (Lipinski definition) is 2. The van der Waals surface area contributed by atoms with Crippen LogP contribution in [0.2, 0.25) is 0 Å². The second kappa shape index (κ2) is 4.86. The third-order valence-electron chi connectivity index (χ3n) is 2.89.